The molecule has 0 heterocycles. The highest BCUT2D eigenvalue weighted by molar-refractivity contribution is 5.95. The van der Waals surface area contributed by atoms with Crippen molar-refractivity contribution in [3.05, 3.63) is 71.5 Å². The Kier molecular flexibility index (Phi) is 6.20. The van der Waals surface area contributed by atoms with Crippen LogP contribution in [0, 0.1) is 5.82 Å². The highest BCUT2D eigenvalue weighted by atomic mass is 19.1. The summed E-state index contributed by atoms with van der Waals surface area (Å²) in [6.45, 7) is 3.24. The van der Waals surface area contributed by atoms with Crippen molar-refractivity contribution in [2.45, 2.75) is 56.9 Å². The normalized spacial score (nSPS) is 22.9. The van der Waals surface area contributed by atoms with Gasteiger partial charge in [0.05, 0.1) is 0 Å². The van der Waals surface area contributed by atoms with Crippen molar-refractivity contribution in [3.63, 3.8) is 0 Å². The molecule has 0 radical (unpaired) electrons. The summed E-state index contributed by atoms with van der Waals surface area (Å²) >= 11 is 0. The summed E-state index contributed by atoms with van der Waals surface area (Å²) in [5, 5.41) is 3.61. The summed E-state index contributed by atoms with van der Waals surface area (Å²) in [5.41, 5.74) is 2.34. The molecule has 3 rings (SSSR count). The van der Waals surface area contributed by atoms with Crippen LogP contribution in [0.5, 0.6) is 0 Å². The fourth-order valence-corrected chi connectivity index (χ4v) is 3.92. The molecule has 0 aliphatic heterocycles. The molecule has 26 heavy (non-hydrogen) atoms. The fraction of sp³-hybridized carbons (Fsp3) is 0.435. The number of benzene rings is 2. The van der Waals surface area contributed by atoms with Crippen molar-refractivity contribution < 1.29 is 9.18 Å². The zero-order valence-corrected chi connectivity index (χ0v) is 15.5. The Bertz CT molecular complexity index is 703. The molecule has 2 nitrogen and oxygen atoms in total. The van der Waals surface area contributed by atoms with E-state index in [9.17, 15) is 9.18 Å². The minimum atomic E-state index is -0.303. The van der Waals surface area contributed by atoms with Crippen LogP contribution in [-0.2, 0) is 5.41 Å². The Morgan fingerprint density at radius 2 is 1.73 bits per heavy atom. The van der Waals surface area contributed by atoms with E-state index in [1.54, 1.807) is 12.1 Å². The second kappa shape index (κ2) is 8.59. The molecular formula is C23H28FNO. The second-order valence-corrected chi connectivity index (χ2v) is 7.69. The first-order chi connectivity index (χ1) is 12.6. The lowest BCUT2D eigenvalue weighted by molar-refractivity contribution is 0.0979. The molecule has 2 aromatic rings. The summed E-state index contributed by atoms with van der Waals surface area (Å²) < 4.78 is 12.9. The average molecular weight is 353 g/mol. The summed E-state index contributed by atoms with van der Waals surface area (Å²) in [7, 11) is 0. The standard InChI is InChI=1S/C23H28FNO/c1-23(19-6-3-2-4-7-19)15-13-21(14-16-23)25-17-5-8-22(26)18-9-11-20(24)12-10-18/h2-4,6-7,9-12,21,25H,5,8,13-17H2,1H3. The van der Waals surface area contributed by atoms with Gasteiger partial charge in [0, 0.05) is 18.0 Å². The van der Waals surface area contributed by atoms with Crippen LogP contribution in [0.4, 0.5) is 4.39 Å². The van der Waals surface area contributed by atoms with Crippen LogP contribution in [0.2, 0.25) is 0 Å². The molecule has 0 atom stereocenters. The number of carbonyl (C=O) groups is 1. The number of halogens is 1. The van der Waals surface area contributed by atoms with Crippen molar-refractivity contribution in [3.8, 4) is 0 Å². The minimum absolute atomic E-state index is 0.0899. The van der Waals surface area contributed by atoms with E-state index >= 15 is 0 Å². The summed E-state index contributed by atoms with van der Waals surface area (Å²) in [4.78, 5) is 12.1. The Morgan fingerprint density at radius 1 is 1.08 bits per heavy atom. The molecule has 1 saturated carbocycles. The third-order valence-corrected chi connectivity index (χ3v) is 5.74. The third-order valence-electron chi connectivity index (χ3n) is 5.74. The third kappa shape index (κ3) is 4.79. The van der Waals surface area contributed by atoms with E-state index in [-0.39, 0.29) is 17.0 Å². The van der Waals surface area contributed by atoms with Gasteiger partial charge < -0.3 is 5.32 Å². The number of hydrogen-bond donors (Lipinski definition) is 1. The van der Waals surface area contributed by atoms with Gasteiger partial charge in [-0.05, 0) is 73.9 Å². The Hall–Kier alpha value is -2.00. The monoisotopic (exact) mass is 353 g/mol. The van der Waals surface area contributed by atoms with E-state index in [4.69, 9.17) is 0 Å². The van der Waals surface area contributed by atoms with Crippen LogP contribution in [-0.4, -0.2) is 18.4 Å². The smallest absolute Gasteiger partial charge is 0.162 e. The van der Waals surface area contributed by atoms with E-state index in [2.05, 4.69) is 42.6 Å². The lowest BCUT2D eigenvalue weighted by Gasteiger charge is -2.38. The van der Waals surface area contributed by atoms with E-state index in [1.165, 1.54) is 43.4 Å². The molecule has 1 aliphatic rings. The number of rotatable bonds is 7. The molecule has 0 amide bonds. The van der Waals surface area contributed by atoms with Crippen molar-refractivity contribution in [1.82, 2.24) is 5.32 Å². The molecule has 3 heteroatoms. The largest absolute Gasteiger partial charge is 0.314 e. The van der Waals surface area contributed by atoms with E-state index in [0.29, 0.717) is 18.0 Å². The predicted molar refractivity (Wildman–Crippen MR) is 104 cm³/mol. The van der Waals surface area contributed by atoms with Crippen molar-refractivity contribution in [1.29, 1.82) is 0 Å². The van der Waals surface area contributed by atoms with Gasteiger partial charge in [-0.15, -0.1) is 0 Å². The zero-order valence-electron chi connectivity index (χ0n) is 15.5. The summed E-state index contributed by atoms with van der Waals surface area (Å²) in [6, 6.07) is 17.2. The van der Waals surface area contributed by atoms with Crippen LogP contribution in [0.1, 0.15) is 61.4 Å². The van der Waals surface area contributed by atoms with Gasteiger partial charge in [-0.25, -0.2) is 4.39 Å². The van der Waals surface area contributed by atoms with Gasteiger partial charge in [0.1, 0.15) is 5.82 Å². The molecule has 0 bridgehead atoms. The molecule has 1 aliphatic carbocycles. The number of hydrogen-bond acceptors (Lipinski definition) is 2. The van der Waals surface area contributed by atoms with Gasteiger partial charge in [-0.1, -0.05) is 37.3 Å². The number of Topliss-reactive ketones (excluding diaryl/α,β-unsaturated/α-hetero) is 1. The molecule has 0 saturated heterocycles. The Balaban J connectivity index is 1.38. The molecule has 0 aromatic heterocycles. The first-order valence-electron chi connectivity index (χ1n) is 9.64. The van der Waals surface area contributed by atoms with E-state index in [1.807, 2.05) is 0 Å². The first-order valence-corrected chi connectivity index (χ1v) is 9.64. The molecule has 0 unspecified atom stereocenters. The van der Waals surface area contributed by atoms with Crippen LogP contribution >= 0.6 is 0 Å². The number of carbonyl (C=O) groups excluding carboxylic acids is 1. The topological polar surface area (TPSA) is 29.1 Å². The van der Waals surface area contributed by atoms with Gasteiger partial charge in [0.25, 0.3) is 0 Å². The first kappa shape index (κ1) is 18.8. The Labute approximate surface area is 155 Å². The van der Waals surface area contributed by atoms with Gasteiger partial charge >= 0.3 is 0 Å². The second-order valence-electron chi connectivity index (χ2n) is 7.69. The maximum absolute atomic E-state index is 12.9. The fourth-order valence-electron chi connectivity index (χ4n) is 3.92. The van der Waals surface area contributed by atoms with Crippen LogP contribution < -0.4 is 5.32 Å². The predicted octanol–water partition coefficient (Wildman–Crippen LogP) is 5.28. The van der Waals surface area contributed by atoms with Crippen molar-refractivity contribution in [2.75, 3.05) is 6.54 Å². The zero-order chi connectivity index (χ0) is 18.4. The number of ketones is 1. The lowest BCUT2D eigenvalue weighted by Crippen LogP contribution is -2.38. The maximum atomic E-state index is 12.9. The highest BCUT2D eigenvalue weighted by Crippen LogP contribution is 2.38. The molecule has 0 spiro atoms. The van der Waals surface area contributed by atoms with Crippen LogP contribution in [0.15, 0.2) is 54.6 Å². The average Bonchev–Trinajstić information content (AvgIpc) is 2.68. The summed E-state index contributed by atoms with van der Waals surface area (Å²) in [6.07, 6.45) is 6.08. The molecule has 138 valence electrons. The molecule has 1 N–H and O–H groups in total. The van der Waals surface area contributed by atoms with Gasteiger partial charge in [-0.2, -0.15) is 0 Å². The molecule has 1 fully saturated rings. The van der Waals surface area contributed by atoms with Crippen molar-refractivity contribution in [2.24, 2.45) is 0 Å². The minimum Gasteiger partial charge on any atom is -0.314 e. The quantitative estimate of drug-likeness (QED) is 0.542. The van der Waals surface area contributed by atoms with E-state index < -0.39 is 0 Å². The lowest BCUT2D eigenvalue weighted by atomic mass is 9.69. The highest BCUT2D eigenvalue weighted by Gasteiger charge is 2.32. The van der Waals surface area contributed by atoms with Crippen LogP contribution in [0.3, 0.4) is 0 Å². The van der Waals surface area contributed by atoms with Crippen LogP contribution in [0.25, 0.3) is 0 Å². The molecule has 2 aromatic carbocycles. The van der Waals surface area contributed by atoms with Gasteiger partial charge in [0.15, 0.2) is 5.78 Å². The SMILES string of the molecule is CC1(c2ccccc2)CCC(NCCCC(=O)c2ccc(F)cc2)CC1. The summed E-state index contributed by atoms with van der Waals surface area (Å²) in [5.74, 6) is -0.213. The maximum Gasteiger partial charge on any atom is 0.162 e. The van der Waals surface area contributed by atoms with Crippen molar-refractivity contribution >= 4 is 5.78 Å². The Morgan fingerprint density at radius 3 is 2.38 bits per heavy atom. The van der Waals surface area contributed by atoms with Gasteiger partial charge in [-0.3, -0.25) is 4.79 Å². The molecular weight excluding hydrogens is 325 g/mol. The number of nitrogens with one attached hydrogen (secondary N) is 1. The van der Waals surface area contributed by atoms with E-state index in [0.717, 1.165) is 13.0 Å². The van der Waals surface area contributed by atoms with Gasteiger partial charge in [0.2, 0.25) is 0 Å².